The van der Waals surface area contributed by atoms with Gasteiger partial charge in [-0.15, -0.1) is 0 Å². The summed E-state index contributed by atoms with van der Waals surface area (Å²) in [6, 6.07) is 6.87. The standard InChI is InChI=1S/C18H27FN4O/c1-22-9-7-16(8-10-22)21-18(24)20-12-14-6-11-23(13-14)17-4-2-15(19)3-5-17/h2-5,14,16H,6-13H2,1H3,(H2,20,21,24). The summed E-state index contributed by atoms with van der Waals surface area (Å²) >= 11 is 0. The zero-order valence-corrected chi connectivity index (χ0v) is 14.3. The SMILES string of the molecule is CN1CCC(NC(=O)NCC2CCN(c3ccc(F)cc3)C2)CC1. The van der Waals surface area contributed by atoms with Crippen LogP contribution in [0.1, 0.15) is 19.3 Å². The van der Waals surface area contributed by atoms with Crippen LogP contribution < -0.4 is 15.5 Å². The van der Waals surface area contributed by atoms with E-state index in [0.717, 1.165) is 51.1 Å². The number of nitrogens with zero attached hydrogens (tertiary/aromatic N) is 2. The Kier molecular flexibility index (Phi) is 5.56. The lowest BCUT2D eigenvalue weighted by atomic mass is 10.1. The van der Waals surface area contributed by atoms with Crippen LogP contribution in [0.15, 0.2) is 24.3 Å². The van der Waals surface area contributed by atoms with Gasteiger partial charge in [-0.2, -0.15) is 0 Å². The first-order chi connectivity index (χ1) is 11.6. The fraction of sp³-hybridized carbons (Fsp3) is 0.611. The van der Waals surface area contributed by atoms with Crippen LogP contribution in [-0.4, -0.2) is 56.7 Å². The van der Waals surface area contributed by atoms with Crippen LogP contribution in [-0.2, 0) is 0 Å². The Bertz CT molecular complexity index is 542. The molecule has 24 heavy (non-hydrogen) atoms. The van der Waals surface area contributed by atoms with E-state index in [-0.39, 0.29) is 11.8 Å². The smallest absolute Gasteiger partial charge is 0.315 e. The molecule has 1 aromatic carbocycles. The fourth-order valence-electron chi connectivity index (χ4n) is 3.51. The summed E-state index contributed by atoms with van der Waals surface area (Å²) in [5, 5.41) is 6.09. The van der Waals surface area contributed by atoms with E-state index in [1.54, 1.807) is 0 Å². The first-order valence-corrected chi connectivity index (χ1v) is 8.83. The number of halogens is 1. The molecular formula is C18H27FN4O. The molecule has 0 saturated carbocycles. The average molecular weight is 334 g/mol. The highest BCUT2D eigenvalue weighted by Gasteiger charge is 2.24. The quantitative estimate of drug-likeness (QED) is 0.886. The van der Waals surface area contributed by atoms with Gasteiger partial charge in [-0.3, -0.25) is 0 Å². The van der Waals surface area contributed by atoms with Gasteiger partial charge in [0.15, 0.2) is 0 Å². The molecule has 0 radical (unpaired) electrons. The molecule has 0 spiro atoms. The number of urea groups is 1. The lowest BCUT2D eigenvalue weighted by Gasteiger charge is -2.29. The second kappa shape index (κ2) is 7.83. The van der Waals surface area contributed by atoms with Crippen molar-refractivity contribution in [3.8, 4) is 0 Å². The Morgan fingerprint density at radius 2 is 1.88 bits per heavy atom. The molecule has 132 valence electrons. The molecule has 2 aliphatic heterocycles. The lowest BCUT2D eigenvalue weighted by Crippen LogP contribution is -2.48. The van der Waals surface area contributed by atoms with Gasteiger partial charge in [-0.1, -0.05) is 0 Å². The Hall–Kier alpha value is -1.82. The van der Waals surface area contributed by atoms with Crippen LogP contribution in [0.5, 0.6) is 0 Å². The fourth-order valence-corrected chi connectivity index (χ4v) is 3.51. The summed E-state index contributed by atoms with van der Waals surface area (Å²) in [5.74, 6) is 0.236. The molecule has 5 nitrogen and oxygen atoms in total. The molecule has 1 unspecified atom stereocenters. The van der Waals surface area contributed by atoms with Crippen molar-refractivity contribution in [1.29, 1.82) is 0 Å². The van der Waals surface area contributed by atoms with Crippen molar-refractivity contribution in [2.45, 2.75) is 25.3 Å². The Balaban J connectivity index is 1.38. The second-order valence-electron chi connectivity index (χ2n) is 7.01. The maximum Gasteiger partial charge on any atom is 0.315 e. The van der Waals surface area contributed by atoms with Crippen LogP contribution in [0.3, 0.4) is 0 Å². The Morgan fingerprint density at radius 1 is 1.17 bits per heavy atom. The van der Waals surface area contributed by atoms with Gasteiger partial charge < -0.3 is 20.4 Å². The van der Waals surface area contributed by atoms with Gasteiger partial charge in [-0.05, 0) is 69.6 Å². The summed E-state index contributed by atoms with van der Waals surface area (Å²) in [6.45, 7) is 4.63. The van der Waals surface area contributed by atoms with Crippen LogP contribution in [0.2, 0.25) is 0 Å². The molecule has 1 atom stereocenters. The number of amides is 2. The zero-order valence-electron chi connectivity index (χ0n) is 14.3. The minimum Gasteiger partial charge on any atom is -0.371 e. The molecular weight excluding hydrogens is 307 g/mol. The normalized spacial score (nSPS) is 22.6. The highest BCUT2D eigenvalue weighted by molar-refractivity contribution is 5.74. The van der Waals surface area contributed by atoms with Crippen molar-refractivity contribution < 1.29 is 9.18 Å². The molecule has 0 bridgehead atoms. The summed E-state index contributed by atoms with van der Waals surface area (Å²) in [7, 11) is 2.11. The minimum atomic E-state index is -0.207. The highest BCUT2D eigenvalue weighted by Crippen LogP contribution is 2.23. The van der Waals surface area contributed by atoms with Crippen molar-refractivity contribution in [1.82, 2.24) is 15.5 Å². The molecule has 0 aliphatic carbocycles. The molecule has 2 aliphatic rings. The van der Waals surface area contributed by atoms with E-state index >= 15 is 0 Å². The lowest BCUT2D eigenvalue weighted by molar-refractivity contribution is 0.213. The number of rotatable bonds is 4. The number of likely N-dealkylation sites (tertiary alicyclic amines) is 1. The largest absolute Gasteiger partial charge is 0.371 e. The number of carbonyl (C=O) groups is 1. The van der Waals surface area contributed by atoms with Gasteiger partial charge in [0.1, 0.15) is 5.82 Å². The maximum absolute atomic E-state index is 13.0. The first-order valence-electron chi connectivity index (χ1n) is 8.83. The van der Waals surface area contributed by atoms with E-state index in [0.29, 0.717) is 18.5 Å². The van der Waals surface area contributed by atoms with Gasteiger partial charge in [0.2, 0.25) is 0 Å². The van der Waals surface area contributed by atoms with Crippen molar-refractivity contribution in [2.75, 3.05) is 44.7 Å². The molecule has 6 heteroatoms. The Morgan fingerprint density at radius 3 is 2.58 bits per heavy atom. The van der Waals surface area contributed by atoms with Gasteiger partial charge >= 0.3 is 6.03 Å². The third kappa shape index (κ3) is 4.60. The van der Waals surface area contributed by atoms with E-state index in [1.165, 1.54) is 12.1 Å². The van der Waals surface area contributed by atoms with Gasteiger partial charge in [0.25, 0.3) is 0 Å². The van der Waals surface area contributed by atoms with Crippen molar-refractivity contribution in [3.05, 3.63) is 30.1 Å². The Labute approximate surface area is 143 Å². The minimum absolute atomic E-state index is 0.0511. The summed E-state index contributed by atoms with van der Waals surface area (Å²) in [4.78, 5) is 16.6. The topological polar surface area (TPSA) is 47.6 Å². The van der Waals surface area contributed by atoms with E-state index in [4.69, 9.17) is 0 Å². The summed E-state index contributed by atoms with van der Waals surface area (Å²) < 4.78 is 13.0. The molecule has 2 fully saturated rings. The van der Waals surface area contributed by atoms with E-state index in [1.807, 2.05) is 12.1 Å². The molecule has 2 amide bonds. The van der Waals surface area contributed by atoms with Gasteiger partial charge in [-0.25, -0.2) is 9.18 Å². The third-order valence-corrected chi connectivity index (χ3v) is 5.08. The van der Waals surface area contributed by atoms with E-state index in [9.17, 15) is 9.18 Å². The maximum atomic E-state index is 13.0. The van der Waals surface area contributed by atoms with Crippen LogP contribution in [0, 0.1) is 11.7 Å². The van der Waals surface area contributed by atoms with Gasteiger partial charge in [0, 0.05) is 31.4 Å². The summed E-state index contributed by atoms with van der Waals surface area (Å²) in [6.07, 6.45) is 3.09. The molecule has 2 heterocycles. The molecule has 2 saturated heterocycles. The zero-order chi connectivity index (χ0) is 16.9. The van der Waals surface area contributed by atoms with Crippen molar-refractivity contribution >= 4 is 11.7 Å². The molecule has 1 aromatic rings. The number of benzene rings is 1. The number of hydrogen-bond acceptors (Lipinski definition) is 3. The van der Waals surface area contributed by atoms with E-state index in [2.05, 4.69) is 27.5 Å². The average Bonchev–Trinajstić information content (AvgIpc) is 3.05. The van der Waals surface area contributed by atoms with Crippen molar-refractivity contribution in [2.24, 2.45) is 5.92 Å². The van der Waals surface area contributed by atoms with Crippen LogP contribution in [0.4, 0.5) is 14.9 Å². The second-order valence-corrected chi connectivity index (χ2v) is 7.01. The molecule has 3 rings (SSSR count). The number of carbonyl (C=O) groups excluding carboxylic acids is 1. The molecule has 0 aromatic heterocycles. The van der Waals surface area contributed by atoms with Crippen LogP contribution >= 0.6 is 0 Å². The number of nitrogens with one attached hydrogen (secondary N) is 2. The first kappa shape index (κ1) is 17.0. The predicted molar refractivity (Wildman–Crippen MR) is 93.8 cm³/mol. The molecule has 2 N–H and O–H groups in total. The monoisotopic (exact) mass is 334 g/mol. The predicted octanol–water partition coefficient (Wildman–Crippen LogP) is 2.05. The number of anilines is 1. The number of piperidine rings is 1. The van der Waals surface area contributed by atoms with E-state index < -0.39 is 0 Å². The highest BCUT2D eigenvalue weighted by atomic mass is 19.1. The van der Waals surface area contributed by atoms with Crippen molar-refractivity contribution in [3.63, 3.8) is 0 Å². The summed E-state index contributed by atoms with van der Waals surface area (Å²) in [5.41, 5.74) is 1.05. The number of hydrogen-bond donors (Lipinski definition) is 2. The third-order valence-electron chi connectivity index (χ3n) is 5.08. The van der Waals surface area contributed by atoms with Crippen LogP contribution in [0.25, 0.3) is 0 Å². The van der Waals surface area contributed by atoms with Gasteiger partial charge in [0.05, 0.1) is 0 Å².